The molecule has 0 radical (unpaired) electrons. The van der Waals surface area contributed by atoms with Gasteiger partial charge in [0.25, 0.3) is 0 Å². The van der Waals surface area contributed by atoms with Gasteiger partial charge in [-0.3, -0.25) is 10.2 Å². The minimum absolute atomic E-state index is 0.0107. The van der Waals surface area contributed by atoms with Gasteiger partial charge in [0.2, 0.25) is 0 Å². The molecule has 3 aliphatic heterocycles. The molecule has 7 rings (SSSR count). The van der Waals surface area contributed by atoms with Gasteiger partial charge in [-0.1, -0.05) is 6.07 Å². The molecule has 47 heavy (non-hydrogen) atoms. The molecule has 0 aliphatic carbocycles. The predicted molar refractivity (Wildman–Crippen MR) is 167 cm³/mol. The number of fused-ring (bicyclic) bond motifs is 3. The van der Waals surface area contributed by atoms with E-state index in [0.717, 1.165) is 31.2 Å². The molecule has 15 heteroatoms. The normalized spacial score (nSPS) is 24.5. The van der Waals surface area contributed by atoms with Crippen molar-refractivity contribution in [3.8, 4) is 23.2 Å². The summed E-state index contributed by atoms with van der Waals surface area (Å²) < 4.78 is 68.3. The Morgan fingerprint density at radius 2 is 2.00 bits per heavy atom. The van der Waals surface area contributed by atoms with E-state index in [9.17, 15) is 29.1 Å². The van der Waals surface area contributed by atoms with Gasteiger partial charge in [-0.05, 0) is 56.8 Å². The van der Waals surface area contributed by atoms with Crippen LogP contribution in [0, 0.1) is 28.8 Å². The fourth-order valence-electron chi connectivity index (χ4n) is 7.43. The molecule has 3 fully saturated rings. The maximum atomic E-state index is 16.8. The van der Waals surface area contributed by atoms with E-state index in [2.05, 4.69) is 20.2 Å². The second-order valence-corrected chi connectivity index (χ2v) is 13.8. The molecule has 3 N–H and O–H groups in total. The van der Waals surface area contributed by atoms with Crippen molar-refractivity contribution < 1.29 is 37.3 Å². The van der Waals surface area contributed by atoms with E-state index in [1.54, 1.807) is 11.8 Å². The number of β-amino-alcohol motifs (C(OH)–C–C–N with tert-alkyl or cyclic N) is 1. The number of carbonyl (C=O) groups is 1. The summed E-state index contributed by atoms with van der Waals surface area (Å²) in [6, 6.07) is 4.81. The van der Waals surface area contributed by atoms with Crippen LogP contribution in [-0.2, 0) is 0 Å². The monoisotopic (exact) mass is 670 g/mol. The fraction of sp³-hybridized carbons (Fsp3) is 0.438. The van der Waals surface area contributed by atoms with E-state index in [4.69, 9.17) is 4.74 Å². The average molecular weight is 671 g/mol. The number of carboxylic acid groups (broad SMARTS) is 1. The number of rotatable bonds is 6. The number of nitrogens with one attached hydrogen (secondary N) is 1. The Balaban J connectivity index is 1.40. The Morgan fingerprint density at radius 1 is 1.21 bits per heavy atom. The van der Waals surface area contributed by atoms with Gasteiger partial charge in [-0.25, -0.2) is 22.4 Å². The molecule has 10 nitrogen and oxygen atoms in total. The lowest BCUT2D eigenvalue weighted by molar-refractivity contribution is 0.0447. The van der Waals surface area contributed by atoms with Gasteiger partial charge in [0.1, 0.15) is 46.8 Å². The zero-order valence-electron chi connectivity index (χ0n) is 25.2. The van der Waals surface area contributed by atoms with Gasteiger partial charge in [0.15, 0.2) is 5.82 Å². The third-order valence-electron chi connectivity index (χ3n) is 9.44. The van der Waals surface area contributed by atoms with Gasteiger partial charge < -0.3 is 19.8 Å². The highest BCUT2D eigenvalue weighted by molar-refractivity contribution is 7.23. The zero-order chi connectivity index (χ0) is 33.2. The van der Waals surface area contributed by atoms with Crippen molar-refractivity contribution in [1.29, 1.82) is 5.26 Å². The average Bonchev–Trinajstić information content (AvgIpc) is 3.66. The number of amides is 1. The number of anilines is 2. The first-order chi connectivity index (χ1) is 22.4. The van der Waals surface area contributed by atoms with E-state index in [-0.39, 0.29) is 68.5 Å². The first kappa shape index (κ1) is 31.3. The summed E-state index contributed by atoms with van der Waals surface area (Å²) in [6.45, 7) is 3.33. The topological polar surface area (TPSA) is 135 Å². The maximum absolute atomic E-state index is 16.8. The second kappa shape index (κ2) is 11.5. The van der Waals surface area contributed by atoms with Crippen LogP contribution in [-0.4, -0.2) is 81.3 Å². The Bertz CT molecular complexity index is 1980. The van der Waals surface area contributed by atoms with Crippen LogP contribution >= 0.6 is 11.3 Å². The van der Waals surface area contributed by atoms with Crippen molar-refractivity contribution >= 4 is 49.2 Å². The summed E-state index contributed by atoms with van der Waals surface area (Å²) in [5, 5.41) is 31.7. The zero-order valence-corrected chi connectivity index (χ0v) is 26.1. The van der Waals surface area contributed by atoms with Crippen LogP contribution in [0.2, 0.25) is 0 Å². The van der Waals surface area contributed by atoms with E-state index in [1.165, 1.54) is 0 Å². The number of hydrogen-bond donors (Lipinski definition) is 3. The van der Waals surface area contributed by atoms with Gasteiger partial charge >= 0.3 is 12.1 Å². The molecule has 0 bridgehead atoms. The van der Waals surface area contributed by atoms with E-state index in [0.29, 0.717) is 43.7 Å². The molecule has 2 aromatic heterocycles. The SMILES string of the molecule is C[C@@]1(O)CCCN(c2nc(OC[C@@]34CCCN3C[C@H](F)C4)nc3c(F)c(-c4ccc(F)c5sc(NC(=O)O)c(C#N)c45)c(F)cc23)C1. The van der Waals surface area contributed by atoms with Gasteiger partial charge in [-0.15, -0.1) is 11.3 Å². The molecule has 2 aromatic carbocycles. The first-order valence-corrected chi connectivity index (χ1v) is 16.1. The largest absolute Gasteiger partial charge is 0.465 e. The summed E-state index contributed by atoms with van der Waals surface area (Å²) in [5.74, 6) is -2.83. The highest BCUT2D eigenvalue weighted by Crippen LogP contribution is 2.46. The molecule has 246 valence electrons. The number of thiophene rings is 1. The fourth-order valence-corrected chi connectivity index (χ4v) is 8.50. The Hall–Kier alpha value is -4.26. The van der Waals surface area contributed by atoms with Gasteiger partial charge in [0.05, 0.1) is 27.0 Å². The van der Waals surface area contributed by atoms with Crippen LogP contribution < -0.4 is 15.0 Å². The summed E-state index contributed by atoms with van der Waals surface area (Å²) in [7, 11) is 0. The summed E-state index contributed by atoms with van der Waals surface area (Å²) in [5.41, 5.74) is -3.01. The number of aliphatic hydroxyl groups is 1. The van der Waals surface area contributed by atoms with Crippen molar-refractivity contribution in [2.24, 2.45) is 0 Å². The van der Waals surface area contributed by atoms with Crippen molar-refractivity contribution in [2.45, 2.75) is 56.3 Å². The standard InChI is InChI=1S/C32H30F4N6O4S/c1-31(45)6-2-8-41(14-31)27-18-10-21(35)23(17-4-5-20(34)26-22(17)19(12-37)28(47-26)40-30(43)44)24(36)25(18)38-29(39-27)46-15-32-7-3-9-42(32)13-16(33)11-32/h4-5,10,16,40,45H,2-3,6-9,11,13-15H2,1H3,(H,43,44)/t16-,31-,32+/m1/s1. The molecule has 0 saturated carbocycles. The maximum Gasteiger partial charge on any atom is 0.409 e. The molecular weight excluding hydrogens is 640 g/mol. The molecule has 0 unspecified atom stereocenters. The van der Waals surface area contributed by atoms with Crippen LogP contribution in [0.5, 0.6) is 6.01 Å². The molecule has 1 amide bonds. The van der Waals surface area contributed by atoms with E-state index >= 15 is 8.78 Å². The van der Waals surface area contributed by atoms with Crippen LogP contribution in [0.4, 0.5) is 33.2 Å². The van der Waals surface area contributed by atoms with Crippen molar-refractivity contribution in [3.05, 3.63) is 41.2 Å². The minimum atomic E-state index is -1.49. The number of piperidine rings is 1. The highest BCUT2D eigenvalue weighted by Gasteiger charge is 2.49. The molecule has 3 aliphatic rings. The van der Waals surface area contributed by atoms with Crippen molar-refractivity contribution in [2.75, 3.05) is 43.0 Å². The van der Waals surface area contributed by atoms with Crippen LogP contribution in [0.25, 0.3) is 32.1 Å². The molecule has 3 saturated heterocycles. The smallest absolute Gasteiger partial charge is 0.409 e. The van der Waals surface area contributed by atoms with Crippen molar-refractivity contribution in [3.63, 3.8) is 0 Å². The number of alkyl halides is 1. The lowest BCUT2D eigenvalue weighted by Gasteiger charge is -2.38. The minimum Gasteiger partial charge on any atom is -0.465 e. The molecular formula is C32H30F4N6O4S. The van der Waals surface area contributed by atoms with Crippen molar-refractivity contribution in [1.82, 2.24) is 14.9 Å². The lowest BCUT2D eigenvalue weighted by Crippen LogP contribution is -2.46. The number of nitriles is 1. The van der Waals surface area contributed by atoms with Crippen LogP contribution in [0.1, 0.15) is 44.6 Å². The summed E-state index contributed by atoms with van der Waals surface area (Å²) in [6.07, 6.45) is 0.492. The molecule has 4 aromatic rings. The Kier molecular flexibility index (Phi) is 7.64. The number of benzene rings is 2. The molecule has 3 atom stereocenters. The number of aromatic nitrogens is 2. The van der Waals surface area contributed by atoms with Crippen LogP contribution in [0.15, 0.2) is 18.2 Å². The van der Waals surface area contributed by atoms with Gasteiger partial charge in [0, 0.05) is 36.8 Å². The van der Waals surface area contributed by atoms with Crippen LogP contribution in [0.3, 0.4) is 0 Å². The Morgan fingerprint density at radius 3 is 2.74 bits per heavy atom. The number of hydrogen-bond acceptors (Lipinski definition) is 9. The second-order valence-electron chi connectivity index (χ2n) is 12.8. The van der Waals surface area contributed by atoms with Gasteiger partial charge in [-0.2, -0.15) is 15.2 Å². The highest BCUT2D eigenvalue weighted by atomic mass is 32.1. The predicted octanol–water partition coefficient (Wildman–Crippen LogP) is 6.20. The third kappa shape index (κ3) is 5.38. The molecule has 5 heterocycles. The summed E-state index contributed by atoms with van der Waals surface area (Å²) in [4.78, 5) is 24.1. The third-order valence-corrected chi connectivity index (χ3v) is 10.6. The Labute approximate surface area is 270 Å². The summed E-state index contributed by atoms with van der Waals surface area (Å²) >= 11 is 0.636. The molecule has 0 spiro atoms. The van der Waals surface area contributed by atoms with E-state index < -0.39 is 46.4 Å². The lowest BCUT2D eigenvalue weighted by atomic mass is 9.94. The number of nitrogens with zero attached hydrogens (tertiary/aromatic N) is 5. The van der Waals surface area contributed by atoms with E-state index in [1.807, 2.05) is 6.07 Å². The quantitative estimate of drug-likeness (QED) is 0.205. The number of ether oxygens (including phenoxy) is 1. The number of halogens is 4. The first-order valence-electron chi connectivity index (χ1n) is 15.2.